The lowest BCUT2D eigenvalue weighted by atomic mass is 9.88. The molecule has 1 N–H and O–H groups in total. The smallest absolute Gasteiger partial charge is 0.313 e. The normalized spacial score (nSPS) is 22.0. The van der Waals surface area contributed by atoms with Gasteiger partial charge in [0.1, 0.15) is 5.41 Å². The molecule has 6 heteroatoms. The lowest BCUT2D eigenvalue weighted by Crippen LogP contribution is -2.40. The van der Waals surface area contributed by atoms with E-state index in [9.17, 15) is 14.7 Å². The van der Waals surface area contributed by atoms with Crippen LogP contribution < -0.4 is 0 Å². The first kappa shape index (κ1) is 15.2. The van der Waals surface area contributed by atoms with Gasteiger partial charge in [-0.1, -0.05) is 6.07 Å². The summed E-state index contributed by atoms with van der Waals surface area (Å²) in [4.78, 5) is 25.5. The average Bonchev–Trinajstić information content (AvgIpc) is 2.84. The number of amides is 1. The first-order chi connectivity index (χ1) is 9.48. The molecule has 0 radical (unpaired) electrons. The summed E-state index contributed by atoms with van der Waals surface area (Å²) in [6.45, 7) is 0.763. The molecule has 1 unspecified atom stereocenters. The van der Waals surface area contributed by atoms with Crippen molar-refractivity contribution < 1.29 is 19.4 Å². The lowest BCUT2D eigenvalue weighted by molar-refractivity contribution is -0.151. The van der Waals surface area contributed by atoms with Gasteiger partial charge in [0.05, 0.1) is 6.61 Å². The molecule has 1 atom stereocenters. The molecule has 0 aromatic heterocycles. The molecule has 108 valence electrons. The number of carboxylic acid groups (broad SMARTS) is 1. The molecule has 1 saturated heterocycles. The first-order valence-electron chi connectivity index (χ1n) is 6.26. The number of carboxylic acids is 1. The molecule has 20 heavy (non-hydrogen) atoms. The molecule has 1 aromatic rings. The van der Waals surface area contributed by atoms with Crippen molar-refractivity contribution in [3.8, 4) is 0 Å². The molecule has 0 spiro atoms. The second-order valence-electron chi connectivity index (χ2n) is 5.01. The Morgan fingerprint density at radius 1 is 1.50 bits per heavy atom. The summed E-state index contributed by atoms with van der Waals surface area (Å²) in [5.41, 5.74) is -0.387. The molecular weight excluding hydrogens is 373 g/mol. The predicted molar refractivity (Wildman–Crippen MR) is 81.6 cm³/mol. The molecular formula is C14H16INO4. The van der Waals surface area contributed by atoms with Crippen LogP contribution in [0.3, 0.4) is 0 Å². The van der Waals surface area contributed by atoms with Crippen molar-refractivity contribution in [1.82, 2.24) is 4.90 Å². The number of likely N-dealkylation sites (tertiary alicyclic amines) is 1. The van der Waals surface area contributed by atoms with Gasteiger partial charge >= 0.3 is 5.97 Å². The molecule has 1 aliphatic rings. The molecule has 1 fully saturated rings. The fourth-order valence-electron chi connectivity index (χ4n) is 2.48. The third-order valence-electron chi connectivity index (χ3n) is 3.59. The van der Waals surface area contributed by atoms with Crippen LogP contribution in [0.5, 0.6) is 0 Å². The highest BCUT2D eigenvalue weighted by Crippen LogP contribution is 2.32. The number of ether oxygens (including phenoxy) is 1. The van der Waals surface area contributed by atoms with Crippen molar-refractivity contribution in [1.29, 1.82) is 0 Å². The number of carbonyl (C=O) groups excluding carboxylic acids is 1. The highest BCUT2D eigenvalue weighted by Gasteiger charge is 2.46. The molecule has 0 aliphatic carbocycles. The van der Waals surface area contributed by atoms with Crippen molar-refractivity contribution in [3.05, 3.63) is 33.4 Å². The van der Waals surface area contributed by atoms with Gasteiger partial charge in [-0.2, -0.15) is 0 Å². The van der Waals surface area contributed by atoms with Crippen molar-refractivity contribution in [2.24, 2.45) is 5.41 Å². The van der Waals surface area contributed by atoms with Crippen LogP contribution in [-0.4, -0.2) is 48.7 Å². The minimum atomic E-state index is -0.980. The van der Waals surface area contributed by atoms with Crippen LogP contribution in [0.4, 0.5) is 0 Å². The topological polar surface area (TPSA) is 66.8 Å². The molecule has 1 amide bonds. The maximum absolute atomic E-state index is 12.4. The Kier molecular flexibility index (Phi) is 4.64. The average molecular weight is 389 g/mol. The monoisotopic (exact) mass is 389 g/mol. The fourth-order valence-corrected chi connectivity index (χ4v) is 3.02. The maximum atomic E-state index is 12.4. The zero-order valence-electron chi connectivity index (χ0n) is 11.1. The minimum Gasteiger partial charge on any atom is -0.481 e. The third kappa shape index (κ3) is 2.95. The first-order valence-corrected chi connectivity index (χ1v) is 7.33. The molecule has 2 rings (SSSR count). The van der Waals surface area contributed by atoms with Crippen LogP contribution in [0.15, 0.2) is 24.3 Å². The van der Waals surface area contributed by atoms with Crippen molar-refractivity contribution in [3.63, 3.8) is 0 Å². The van der Waals surface area contributed by atoms with Crippen LogP contribution in [0, 0.1) is 8.99 Å². The summed E-state index contributed by atoms with van der Waals surface area (Å²) in [5, 5.41) is 9.39. The van der Waals surface area contributed by atoms with E-state index in [-0.39, 0.29) is 19.1 Å². The van der Waals surface area contributed by atoms with Crippen molar-refractivity contribution in [2.45, 2.75) is 6.42 Å². The van der Waals surface area contributed by atoms with E-state index in [1.165, 1.54) is 7.11 Å². The number of aliphatic carboxylic acids is 1. The van der Waals surface area contributed by atoms with Crippen LogP contribution in [0.2, 0.25) is 0 Å². The lowest BCUT2D eigenvalue weighted by Gasteiger charge is -2.23. The highest BCUT2D eigenvalue weighted by atomic mass is 127. The van der Waals surface area contributed by atoms with Gasteiger partial charge in [0.25, 0.3) is 5.91 Å². The molecule has 1 aromatic carbocycles. The van der Waals surface area contributed by atoms with E-state index in [2.05, 4.69) is 22.6 Å². The number of nitrogens with zero attached hydrogens (tertiary/aromatic N) is 1. The minimum absolute atomic E-state index is 0.122. The van der Waals surface area contributed by atoms with Gasteiger partial charge in [-0.25, -0.2) is 0 Å². The number of hydrogen-bond acceptors (Lipinski definition) is 3. The zero-order valence-corrected chi connectivity index (χ0v) is 13.3. The number of carbonyl (C=O) groups is 2. The fraction of sp³-hybridized carbons (Fsp3) is 0.429. The Morgan fingerprint density at radius 2 is 2.25 bits per heavy atom. The quantitative estimate of drug-likeness (QED) is 0.799. The molecule has 0 saturated carbocycles. The van der Waals surface area contributed by atoms with E-state index in [4.69, 9.17) is 4.74 Å². The summed E-state index contributed by atoms with van der Waals surface area (Å²) in [6, 6.07) is 7.29. The van der Waals surface area contributed by atoms with Gasteiger partial charge in [0.2, 0.25) is 0 Å². The van der Waals surface area contributed by atoms with E-state index >= 15 is 0 Å². The number of hydrogen-bond donors (Lipinski definition) is 1. The summed E-state index contributed by atoms with van der Waals surface area (Å²) in [5.74, 6) is -1.03. The highest BCUT2D eigenvalue weighted by molar-refractivity contribution is 14.1. The second kappa shape index (κ2) is 6.09. The van der Waals surface area contributed by atoms with Gasteiger partial charge in [0.15, 0.2) is 0 Å². The maximum Gasteiger partial charge on any atom is 0.313 e. The second-order valence-corrected chi connectivity index (χ2v) is 6.25. The van der Waals surface area contributed by atoms with E-state index < -0.39 is 11.4 Å². The zero-order chi connectivity index (χ0) is 14.8. The van der Waals surface area contributed by atoms with E-state index in [0.29, 0.717) is 18.5 Å². The van der Waals surface area contributed by atoms with Gasteiger partial charge < -0.3 is 14.7 Å². The van der Waals surface area contributed by atoms with Crippen LogP contribution in [0.25, 0.3) is 0 Å². The molecule has 0 bridgehead atoms. The summed E-state index contributed by atoms with van der Waals surface area (Å²) < 4.78 is 6.00. The summed E-state index contributed by atoms with van der Waals surface area (Å²) in [6.07, 6.45) is 0.422. The summed E-state index contributed by atoms with van der Waals surface area (Å²) in [7, 11) is 1.48. The Labute approximate surface area is 131 Å². The number of methoxy groups -OCH3 is 1. The standard InChI is InChI=1S/C14H16INO4/c1-20-9-14(13(18)19)5-6-16(8-14)12(17)10-3-2-4-11(15)7-10/h2-4,7H,5-6,8-9H2,1H3,(H,18,19). The number of benzene rings is 1. The third-order valence-corrected chi connectivity index (χ3v) is 4.26. The van der Waals surface area contributed by atoms with E-state index in [1.807, 2.05) is 12.1 Å². The predicted octanol–water partition coefficient (Wildman–Crippen LogP) is 1.85. The van der Waals surface area contributed by atoms with Crippen molar-refractivity contribution in [2.75, 3.05) is 26.8 Å². The van der Waals surface area contributed by atoms with Crippen LogP contribution in [-0.2, 0) is 9.53 Å². The van der Waals surface area contributed by atoms with Crippen molar-refractivity contribution >= 4 is 34.5 Å². The van der Waals surface area contributed by atoms with E-state index in [1.54, 1.807) is 17.0 Å². The SMILES string of the molecule is COCC1(C(=O)O)CCN(C(=O)c2cccc(I)c2)C1. The summed E-state index contributed by atoms with van der Waals surface area (Å²) >= 11 is 2.15. The number of rotatable bonds is 4. The number of halogens is 1. The molecule has 1 aliphatic heterocycles. The largest absolute Gasteiger partial charge is 0.481 e. The van der Waals surface area contributed by atoms with Crippen LogP contribution in [0.1, 0.15) is 16.8 Å². The molecule has 1 heterocycles. The Balaban J connectivity index is 2.16. The Hall–Kier alpha value is -1.15. The Bertz CT molecular complexity index is 534. The van der Waals surface area contributed by atoms with Gasteiger partial charge in [0, 0.05) is 29.3 Å². The van der Waals surface area contributed by atoms with Crippen LogP contribution >= 0.6 is 22.6 Å². The van der Waals surface area contributed by atoms with Gasteiger partial charge in [-0.15, -0.1) is 0 Å². The van der Waals surface area contributed by atoms with Gasteiger partial charge in [-0.05, 0) is 47.2 Å². The molecule has 5 nitrogen and oxygen atoms in total. The van der Waals surface area contributed by atoms with E-state index in [0.717, 1.165) is 3.57 Å². The van der Waals surface area contributed by atoms with Gasteiger partial charge in [-0.3, -0.25) is 9.59 Å². The Morgan fingerprint density at radius 3 is 2.85 bits per heavy atom.